The number of nitrogens with zero attached hydrogens (tertiary/aromatic N) is 1. The van der Waals surface area contributed by atoms with Gasteiger partial charge in [-0.2, -0.15) is 0 Å². The Labute approximate surface area is 129 Å². The number of aromatic nitrogens is 1. The van der Waals surface area contributed by atoms with Gasteiger partial charge in [-0.05, 0) is 26.0 Å². The molecule has 0 aliphatic heterocycles. The van der Waals surface area contributed by atoms with Gasteiger partial charge in [0, 0.05) is 27.4 Å². The van der Waals surface area contributed by atoms with Crippen LogP contribution in [-0.2, 0) is 16.1 Å². The lowest BCUT2D eigenvalue weighted by Crippen LogP contribution is -2.20. The molecule has 1 aromatic heterocycles. The fraction of sp³-hybridized carbons (Fsp3) is 0.211. The van der Waals surface area contributed by atoms with Gasteiger partial charge in [0.05, 0.1) is 6.54 Å². The molecule has 0 aliphatic carbocycles. The monoisotopic (exact) mass is 293 g/mol. The molecule has 3 nitrogen and oxygen atoms in total. The highest BCUT2D eigenvalue weighted by molar-refractivity contribution is 6.07. The molecule has 0 spiro atoms. The van der Waals surface area contributed by atoms with Gasteiger partial charge in [0.2, 0.25) is 0 Å². The number of rotatable bonds is 4. The van der Waals surface area contributed by atoms with Crippen molar-refractivity contribution in [1.82, 2.24) is 4.57 Å². The summed E-state index contributed by atoms with van der Waals surface area (Å²) in [5, 5.41) is 2.44. The summed E-state index contributed by atoms with van der Waals surface area (Å²) in [5.74, 6) is -0.340. The van der Waals surface area contributed by atoms with E-state index in [4.69, 9.17) is 4.74 Å². The van der Waals surface area contributed by atoms with Crippen LogP contribution >= 0.6 is 0 Å². The van der Waals surface area contributed by atoms with E-state index in [-0.39, 0.29) is 12.1 Å². The fourth-order valence-electron chi connectivity index (χ4n) is 2.78. The Balaban J connectivity index is 2.02. The highest BCUT2D eigenvalue weighted by Crippen LogP contribution is 2.29. The van der Waals surface area contributed by atoms with Gasteiger partial charge in [0.1, 0.15) is 6.10 Å². The average Bonchev–Trinajstić information content (AvgIpc) is 2.82. The van der Waals surface area contributed by atoms with Crippen molar-refractivity contribution in [2.45, 2.75) is 26.5 Å². The molecule has 3 aromatic rings. The maximum atomic E-state index is 11.7. The largest absolute Gasteiger partial charge is 0.457 e. The lowest BCUT2D eigenvalue weighted by Gasteiger charge is -2.16. The first kappa shape index (κ1) is 14.4. The first-order chi connectivity index (χ1) is 10.6. The third-order valence-corrected chi connectivity index (χ3v) is 3.78. The van der Waals surface area contributed by atoms with E-state index >= 15 is 0 Å². The maximum Gasteiger partial charge on any atom is 0.333 e. The van der Waals surface area contributed by atoms with Crippen LogP contribution in [0.3, 0.4) is 0 Å². The van der Waals surface area contributed by atoms with Crippen molar-refractivity contribution in [3.05, 3.63) is 60.7 Å². The molecular weight excluding hydrogens is 274 g/mol. The third-order valence-electron chi connectivity index (χ3n) is 3.78. The minimum Gasteiger partial charge on any atom is -0.457 e. The zero-order valence-corrected chi connectivity index (χ0v) is 12.9. The topological polar surface area (TPSA) is 31.2 Å². The number of hydrogen-bond acceptors (Lipinski definition) is 2. The SMILES string of the molecule is C=C(C)C(=O)OC(C)Cn1c2ccccc2c2ccccc21. The molecule has 3 heteroatoms. The van der Waals surface area contributed by atoms with Gasteiger partial charge in [-0.1, -0.05) is 43.0 Å². The number of esters is 1. The van der Waals surface area contributed by atoms with Crippen LogP contribution in [0.5, 0.6) is 0 Å². The number of fused-ring (bicyclic) bond motifs is 3. The van der Waals surface area contributed by atoms with Crippen molar-refractivity contribution in [3.8, 4) is 0 Å². The van der Waals surface area contributed by atoms with E-state index in [1.54, 1.807) is 6.92 Å². The molecule has 2 aromatic carbocycles. The minimum absolute atomic E-state index is 0.219. The van der Waals surface area contributed by atoms with Crippen molar-refractivity contribution in [2.75, 3.05) is 0 Å². The van der Waals surface area contributed by atoms with E-state index in [9.17, 15) is 4.79 Å². The Morgan fingerprint density at radius 3 is 2.09 bits per heavy atom. The summed E-state index contributed by atoms with van der Waals surface area (Å²) >= 11 is 0. The summed E-state index contributed by atoms with van der Waals surface area (Å²) in [4.78, 5) is 11.7. The Hall–Kier alpha value is -2.55. The van der Waals surface area contributed by atoms with Crippen LogP contribution < -0.4 is 0 Å². The van der Waals surface area contributed by atoms with E-state index in [0.717, 1.165) is 11.0 Å². The number of hydrogen-bond donors (Lipinski definition) is 0. The molecule has 0 N–H and O–H groups in total. The molecule has 3 rings (SSSR count). The normalized spacial score (nSPS) is 12.5. The summed E-state index contributed by atoms with van der Waals surface area (Å²) in [6.45, 7) is 7.81. The zero-order valence-electron chi connectivity index (χ0n) is 12.9. The van der Waals surface area contributed by atoms with Crippen LogP contribution in [0, 0.1) is 0 Å². The predicted octanol–water partition coefficient (Wildman–Crippen LogP) is 4.30. The molecule has 0 radical (unpaired) electrons. The van der Waals surface area contributed by atoms with Crippen LogP contribution in [0.4, 0.5) is 0 Å². The smallest absolute Gasteiger partial charge is 0.333 e. The van der Waals surface area contributed by atoms with Gasteiger partial charge in [-0.3, -0.25) is 0 Å². The molecule has 0 saturated heterocycles. The fourth-order valence-corrected chi connectivity index (χ4v) is 2.78. The van der Waals surface area contributed by atoms with E-state index in [1.807, 2.05) is 31.2 Å². The van der Waals surface area contributed by atoms with E-state index < -0.39 is 0 Å². The molecule has 0 fully saturated rings. The first-order valence-corrected chi connectivity index (χ1v) is 7.40. The van der Waals surface area contributed by atoms with Crippen LogP contribution in [0.25, 0.3) is 21.8 Å². The van der Waals surface area contributed by atoms with Crippen molar-refractivity contribution < 1.29 is 9.53 Å². The van der Waals surface area contributed by atoms with Crippen molar-refractivity contribution in [1.29, 1.82) is 0 Å². The lowest BCUT2D eigenvalue weighted by atomic mass is 10.2. The molecular formula is C19H19NO2. The van der Waals surface area contributed by atoms with E-state index in [2.05, 4.69) is 35.4 Å². The maximum absolute atomic E-state index is 11.7. The molecule has 112 valence electrons. The quantitative estimate of drug-likeness (QED) is 0.530. The lowest BCUT2D eigenvalue weighted by molar-refractivity contribution is -0.143. The van der Waals surface area contributed by atoms with Gasteiger partial charge < -0.3 is 9.30 Å². The Bertz CT molecular complexity index is 807. The van der Waals surface area contributed by atoms with Crippen molar-refractivity contribution >= 4 is 27.8 Å². The number of benzene rings is 2. The van der Waals surface area contributed by atoms with Gasteiger partial charge in [0.25, 0.3) is 0 Å². The van der Waals surface area contributed by atoms with Crippen LogP contribution in [0.15, 0.2) is 60.7 Å². The highest BCUT2D eigenvalue weighted by atomic mass is 16.5. The second kappa shape index (κ2) is 5.68. The van der Waals surface area contributed by atoms with Crippen molar-refractivity contribution in [2.24, 2.45) is 0 Å². The van der Waals surface area contributed by atoms with Gasteiger partial charge in [0.15, 0.2) is 0 Å². The van der Waals surface area contributed by atoms with Crippen LogP contribution in [0.1, 0.15) is 13.8 Å². The first-order valence-electron chi connectivity index (χ1n) is 7.40. The summed E-state index contributed by atoms with van der Waals surface area (Å²) in [6, 6.07) is 16.6. The molecule has 0 aliphatic rings. The molecule has 22 heavy (non-hydrogen) atoms. The minimum atomic E-state index is -0.340. The third kappa shape index (κ3) is 2.50. The van der Waals surface area contributed by atoms with Crippen molar-refractivity contribution in [3.63, 3.8) is 0 Å². The summed E-state index contributed by atoms with van der Waals surface area (Å²) in [5.41, 5.74) is 2.73. The Kier molecular flexibility index (Phi) is 3.72. The number of carbonyl (C=O) groups excluding carboxylic acids is 1. The molecule has 0 saturated carbocycles. The van der Waals surface area contributed by atoms with Gasteiger partial charge >= 0.3 is 5.97 Å². The summed E-state index contributed by atoms with van der Waals surface area (Å²) < 4.78 is 7.63. The standard InChI is InChI=1S/C19H19NO2/c1-13(2)19(21)22-14(3)12-20-17-10-6-4-8-15(17)16-9-5-7-11-18(16)20/h4-11,14H,1,12H2,2-3H3. The molecule has 0 amide bonds. The average molecular weight is 293 g/mol. The molecule has 1 atom stereocenters. The van der Waals surface area contributed by atoms with Crippen LogP contribution in [0.2, 0.25) is 0 Å². The molecule has 1 heterocycles. The zero-order chi connectivity index (χ0) is 15.7. The summed E-state index contributed by atoms with van der Waals surface area (Å²) in [7, 11) is 0. The Morgan fingerprint density at radius 1 is 1.09 bits per heavy atom. The summed E-state index contributed by atoms with van der Waals surface area (Å²) in [6.07, 6.45) is -0.219. The second-order valence-corrected chi connectivity index (χ2v) is 5.64. The van der Waals surface area contributed by atoms with E-state index in [1.165, 1.54) is 10.8 Å². The highest BCUT2D eigenvalue weighted by Gasteiger charge is 2.15. The number of ether oxygens (including phenoxy) is 1. The number of carbonyl (C=O) groups is 1. The van der Waals surface area contributed by atoms with E-state index in [0.29, 0.717) is 12.1 Å². The second-order valence-electron chi connectivity index (χ2n) is 5.64. The van der Waals surface area contributed by atoms with Gasteiger partial charge in [-0.15, -0.1) is 0 Å². The number of para-hydroxylation sites is 2. The van der Waals surface area contributed by atoms with Crippen LogP contribution in [-0.4, -0.2) is 16.6 Å². The molecule has 0 bridgehead atoms. The molecule has 1 unspecified atom stereocenters. The predicted molar refractivity (Wildman–Crippen MR) is 89.8 cm³/mol. The van der Waals surface area contributed by atoms with Gasteiger partial charge in [-0.25, -0.2) is 4.79 Å². The Morgan fingerprint density at radius 2 is 1.59 bits per heavy atom.